The van der Waals surface area contributed by atoms with Crippen LogP contribution in [0.4, 0.5) is 17.6 Å². The van der Waals surface area contributed by atoms with E-state index in [1.165, 1.54) is 4.90 Å². The molecule has 3 atom stereocenters. The lowest BCUT2D eigenvalue weighted by Crippen LogP contribution is -2.59. The third kappa shape index (κ3) is 3.70. The lowest BCUT2D eigenvalue weighted by molar-refractivity contribution is -0.139. The second-order valence-electron chi connectivity index (χ2n) is 7.20. The van der Waals surface area contributed by atoms with Crippen molar-refractivity contribution in [2.45, 2.75) is 43.7 Å². The molecular formula is C18H20F4N4O2. The maximum absolute atomic E-state index is 13.7. The molecule has 4 heterocycles. The SMILES string of the molecule is [2H]C([2H])([2H])N1[C@@H]2COC[C@H]1CC(NC(=O)c1cn(CC(F)(F)F)c3ncc(F)cc13)C2. The maximum Gasteiger partial charge on any atom is 0.406 e. The highest BCUT2D eigenvalue weighted by Gasteiger charge is 2.37. The third-order valence-electron chi connectivity index (χ3n) is 5.13. The van der Waals surface area contributed by atoms with E-state index in [2.05, 4.69) is 10.3 Å². The molecule has 1 amide bonds. The first-order valence-corrected chi connectivity index (χ1v) is 8.80. The number of nitrogens with zero attached hydrogens (tertiary/aromatic N) is 3. The van der Waals surface area contributed by atoms with Crippen LogP contribution in [0.25, 0.3) is 11.0 Å². The summed E-state index contributed by atoms with van der Waals surface area (Å²) in [6.45, 7) is -3.24. The molecule has 2 aliphatic heterocycles. The number of halogens is 4. The van der Waals surface area contributed by atoms with Crippen molar-refractivity contribution in [3.63, 3.8) is 0 Å². The summed E-state index contributed by atoms with van der Waals surface area (Å²) in [6.07, 6.45) is -2.11. The van der Waals surface area contributed by atoms with Gasteiger partial charge >= 0.3 is 6.18 Å². The molecule has 2 aromatic rings. The summed E-state index contributed by atoms with van der Waals surface area (Å²) in [4.78, 5) is 18.0. The predicted molar refractivity (Wildman–Crippen MR) is 92.4 cm³/mol. The highest BCUT2D eigenvalue weighted by Crippen LogP contribution is 2.28. The fourth-order valence-electron chi connectivity index (χ4n) is 3.94. The van der Waals surface area contributed by atoms with Gasteiger partial charge in [0.15, 0.2) is 0 Å². The Labute approximate surface area is 162 Å². The largest absolute Gasteiger partial charge is 0.406 e. The summed E-state index contributed by atoms with van der Waals surface area (Å²) in [5.41, 5.74) is -0.266. The Bertz CT molecular complexity index is 981. The molecule has 0 saturated carbocycles. The zero-order valence-electron chi connectivity index (χ0n) is 17.7. The Morgan fingerprint density at radius 3 is 2.75 bits per heavy atom. The molecule has 2 bridgehead atoms. The number of hydrogen-bond donors (Lipinski definition) is 1. The van der Waals surface area contributed by atoms with E-state index in [-0.39, 0.29) is 29.8 Å². The number of piperidine rings is 1. The van der Waals surface area contributed by atoms with Crippen molar-refractivity contribution in [2.75, 3.05) is 20.2 Å². The zero-order chi connectivity index (χ0) is 22.6. The Hall–Kier alpha value is -2.20. The van der Waals surface area contributed by atoms with Crippen molar-refractivity contribution in [3.05, 3.63) is 29.8 Å². The van der Waals surface area contributed by atoms with Gasteiger partial charge in [0.05, 0.1) is 25.0 Å². The highest BCUT2D eigenvalue weighted by molar-refractivity contribution is 6.06. The number of morpholine rings is 1. The molecule has 0 aromatic carbocycles. The molecular weight excluding hydrogens is 380 g/mol. The maximum atomic E-state index is 13.7. The molecule has 2 saturated heterocycles. The molecule has 0 aliphatic carbocycles. The standard InChI is InChI=1S/C18H20F4N4O2/c1-25-12-3-11(4-13(25)8-28-7-12)24-17(27)15-6-26(9-18(20,21)22)16-14(15)2-10(19)5-23-16/h2,5-6,11-13H,3-4,7-9H2,1H3,(H,24,27)/t11?,12-,13+/i1D3. The van der Waals surface area contributed by atoms with Gasteiger partial charge in [-0.1, -0.05) is 0 Å². The van der Waals surface area contributed by atoms with E-state index >= 15 is 0 Å². The van der Waals surface area contributed by atoms with E-state index in [0.29, 0.717) is 12.8 Å². The summed E-state index contributed by atoms with van der Waals surface area (Å²) in [7, 11) is 0. The number of fused-ring (bicyclic) bond motifs is 3. The Kier molecular flexibility index (Phi) is 3.92. The number of likely N-dealkylation sites (N-methyl/N-ethyl adjacent to an activating group) is 1. The number of rotatable bonds is 3. The van der Waals surface area contributed by atoms with Crippen LogP contribution < -0.4 is 5.32 Å². The average molecular weight is 403 g/mol. The lowest BCUT2D eigenvalue weighted by Gasteiger charge is -2.46. The Balaban J connectivity index is 1.57. The Morgan fingerprint density at radius 2 is 2.11 bits per heavy atom. The van der Waals surface area contributed by atoms with Gasteiger partial charge in [-0.3, -0.25) is 9.69 Å². The fraction of sp³-hybridized carbons (Fsp3) is 0.556. The molecule has 2 aliphatic rings. The van der Waals surface area contributed by atoms with Crippen LogP contribution in [0.5, 0.6) is 0 Å². The van der Waals surface area contributed by atoms with Crippen molar-refractivity contribution in [1.82, 2.24) is 19.8 Å². The summed E-state index contributed by atoms with van der Waals surface area (Å²) >= 11 is 0. The van der Waals surface area contributed by atoms with Crippen molar-refractivity contribution in [3.8, 4) is 0 Å². The van der Waals surface area contributed by atoms with Crippen LogP contribution in [0.2, 0.25) is 0 Å². The van der Waals surface area contributed by atoms with Crippen molar-refractivity contribution in [1.29, 1.82) is 0 Å². The van der Waals surface area contributed by atoms with Crippen LogP contribution in [-0.4, -0.2) is 64.8 Å². The monoisotopic (exact) mass is 403 g/mol. The van der Waals surface area contributed by atoms with E-state index < -0.39 is 49.5 Å². The zero-order valence-corrected chi connectivity index (χ0v) is 14.7. The fourth-order valence-corrected chi connectivity index (χ4v) is 3.94. The number of carbonyl (C=O) groups excluding carboxylic acids is 1. The normalized spacial score (nSPS) is 27.9. The summed E-state index contributed by atoms with van der Waals surface area (Å²) in [5, 5.41) is 2.75. The van der Waals surface area contributed by atoms with Gasteiger partial charge in [-0.25, -0.2) is 9.37 Å². The molecule has 4 rings (SSSR count). The quantitative estimate of drug-likeness (QED) is 0.800. The third-order valence-corrected chi connectivity index (χ3v) is 5.13. The van der Waals surface area contributed by atoms with Crippen LogP contribution in [-0.2, 0) is 11.3 Å². The van der Waals surface area contributed by atoms with Crippen molar-refractivity contribution in [2.24, 2.45) is 0 Å². The first-order chi connectivity index (χ1) is 14.4. The number of carbonyl (C=O) groups is 1. The summed E-state index contributed by atoms with van der Waals surface area (Å²) < 4.78 is 81.8. The van der Waals surface area contributed by atoms with E-state index in [0.717, 1.165) is 23.0 Å². The molecule has 2 aromatic heterocycles. The number of alkyl halides is 3. The van der Waals surface area contributed by atoms with Crippen LogP contribution in [0, 0.1) is 5.82 Å². The minimum Gasteiger partial charge on any atom is -0.378 e. The van der Waals surface area contributed by atoms with E-state index in [4.69, 9.17) is 8.85 Å². The molecule has 152 valence electrons. The minimum atomic E-state index is -4.55. The van der Waals surface area contributed by atoms with Gasteiger partial charge < -0.3 is 14.6 Å². The molecule has 28 heavy (non-hydrogen) atoms. The van der Waals surface area contributed by atoms with Gasteiger partial charge in [0.2, 0.25) is 0 Å². The van der Waals surface area contributed by atoms with Crippen LogP contribution in [0.1, 0.15) is 27.3 Å². The number of hydrogen-bond acceptors (Lipinski definition) is 4. The average Bonchev–Trinajstić information content (AvgIpc) is 2.96. The van der Waals surface area contributed by atoms with Gasteiger partial charge in [0, 0.05) is 33.8 Å². The first-order valence-electron chi connectivity index (χ1n) is 10.3. The number of ether oxygens (including phenoxy) is 1. The lowest BCUT2D eigenvalue weighted by atomic mass is 9.90. The predicted octanol–water partition coefficient (Wildman–Crippen LogP) is 2.33. The smallest absolute Gasteiger partial charge is 0.378 e. The summed E-state index contributed by atoms with van der Waals surface area (Å²) in [5.74, 6) is -1.44. The van der Waals surface area contributed by atoms with E-state index in [1.54, 1.807) is 0 Å². The van der Waals surface area contributed by atoms with Crippen LogP contribution >= 0.6 is 0 Å². The van der Waals surface area contributed by atoms with E-state index in [9.17, 15) is 22.4 Å². The van der Waals surface area contributed by atoms with Crippen molar-refractivity contribution >= 4 is 16.9 Å². The Morgan fingerprint density at radius 1 is 1.39 bits per heavy atom. The molecule has 6 nitrogen and oxygen atoms in total. The van der Waals surface area contributed by atoms with Crippen molar-refractivity contribution < 1.29 is 31.2 Å². The van der Waals surface area contributed by atoms with E-state index in [1.807, 2.05) is 0 Å². The molecule has 0 spiro atoms. The summed E-state index contributed by atoms with van der Waals surface area (Å²) in [6, 6.07) is -0.260. The molecule has 0 radical (unpaired) electrons. The minimum absolute atomic E-state index is 0.0230. The second kappa shape index (κ2) is 7.00. The van der Waals surface area contributed by atoms with Gasteiger partial charge in [-0.05, 0) is 25.9 Å². The number of aromatic nitrogens is 2. The topological polar surface area (TPSA) is 59.4 Å². The number of pyridine rings is 1. The molecule has 1 unspecified atom stereocenters. The van der Waals surface area contributed by atoms with Gasteiger partial charge in [0.1, 0.15) is 18.0 Å². The molecule has 1 N–H and O–H groups in total. The second-order valence-corrected chi connectivity index (χ2v) is 7.20. The molecule has 2 fully saturated rings. The van der Waals surface area contributed by atoms with Gasteiger partial charge in [-0.2, -0.15) is 13.2 Å². The van der Waals surface area contributed by atoms with Gasteiger partial charge in [-0.15, -0.1) is 0 Å². The van der Waals surface area contributed by atoms with Crippen LogP contribution in [0.3, 0.4) is 0 Å². The highest BCUT2D eigenvalue weighted by atomic mass is 19.4. The van der Waals surface area contributed by atoms with Gasteiger partial charge in [0.25, 0.3) is 5.91 Å². The van der Waals surface area contributed by atoms with Crippen LogP contribution in [0.15, 0.2) is 18.5 Å². The number of nitrogens with one attached hydrogen (secondary N) is 1. The first kappa shape index (κ1) is 15.7. The molecule has 10 heteroatoms. The number of amides is 1.